The highest BCUT2D eigenvalue weighted by Gasteiger charge is 2.19. The molecular weight excluding hydrogens is 336 g/mol. The number of anilines is 1. The van der Waals surface area contributed by atoms with E-state index in [1.165, 1.54) is 0 Å². The minimum atomic E-state index is -0.0722. The zero-order valence-electron chi connectivity index (χ0n) is 16.4. The van der Waals surface area contributed by atoms with Crippen molar-refractivity contribution >= 4 is 11.5 Å². The Balaban J connectivity index is 1.81. The molecule has 5 nitrogen and oxygen atoms in total. The second-order valence-corrected chi connectivity index (χ2v) is 7.89. The van der Waals surface area contributed by atoms with E-state index in [1.54, 1.807) is 0 Å². The van der Waals surface area contributed by atoms with E-state index in [1.807, 2.05) is 38.2 Å². The number of nitrogens with one attached hydrogen (secondary N) is 1. The van der Waals surface area contributed by atoms with Crippen molar-refractivity contribution in [2.45, 2.75) is 40.2 Å². The Hall–Kier alpha value is -3.08. The molecule has 0 aliphatic rings. The minimum Gasteiger partial charge on any atom is -0.365 e. The summed E-state index contributed by atoms with van der Waals surface area (Å²) in [4.78, 5) is 4.86. The first-order valence-corrected chi connectivity index (χ1v) is 9.12. The van der Waals surface area contributed by atoms with Crippen molar-refractivity contribution in [3.63, 3.8) is 0 Å². The maximum atomic E-state index is 5.30. The molecule has 3 aromatic heterocycles. The highest BCUT2D eigenvalue weighted by molar-refractivity contribution is 5.79. The van der Waals surface area contributed by atoms with Crippen LogP contribution in [-0.4, -0.2) is 20.1 Å². The van der Waals surface area contributed by atoms with Crippen molar-refractivity contribution in [3.05, 3.63) is 60.1 Å². The number of aryl methyl sites for hydroxylation is 2. The Labute approximate surface area is 159 Å². The average molecular weight is 360 g/mol. The van der Waals surface area contributed by atoms with Gasteiger partial charge in [-0.1, -0.05) is 35.5 Å². The molecule has 0 unspecified atom stereocenters. The van der Waals surface area contributed by atoms with E-state index >= 15 is 0 Å². The smallest absolute Gasteiger partial charge is 0.141 e. The molecule has 1 aromatic carbocycles. The van der Waals surface area contributed by atoms with Gasteiger partial charge in [0.15, 0.2) is 0 Å². The summed E-state index contributed by atoms with van der Waals surface area (Å²) in [7, 11) is 0. The monoisotopic (exact) mass is 360 g/mol. The first-order chi connectivity index (χ1) is 12.8. The normalized spacial score (nSPS) is 11.9. The molecule has 4 aromatic rings. The van der Waals surface area contributed by atoms with Gasteiger partial charge in [0.25, 0.3) is 0 Å². The van der Waals surface area contributed by atoms with E-state index in [-0.39, 0.29) is 5.54 Å². The molecule has 0 atom stereocenters. The lowest BCUT2D eigenvalue weighted by molar-refractivity contribution is 0.393. The van der Waals surface area contributed by atoms with Crippen LogP contribution in [0.25, 0.3) is 28.0 Å². The molecule has 0 aliphatic heterocycles. The Morgan fingerprint density at radius 2 is 1.67 bits per heavy atom. The third-order valence-electron chi connectivity index (χ3n) is 4.50. The van der Waals surface area contributed by atoms with Crippen molar-refractivity contribution in [2.75, 3.05) is 5.32 Å². The summed E-state index contributed by atoms with van der Waals surface area (Å²) in [5.41, 5.74) is 5.94. The van der Waals surface area contributed by atoms with Crippen LogP contribution >= 0.6 is 0 Å². The quantitative estimate of drug-likeness (QED) is 0.525. The summed E-state index contributed by atoms with van der Waals surface area (Å²) in [5, 5.41) is 7.66. The Morgan fingerprint density at radius 3 is 2.30 bits per heavy atom. The molecule has 0 saturated heterocycles. The topological polar surface area (TPSA) is 55.4 Å². The van der Waals surface area contributed by atoms with Crippen LogP contribution in [0.2, 0.25) is 0 Å². The summed E-state index contributed by atoms with van der Waals surface area (Å²) in [6, 6.07) is 14.5. The molecule has 0 saturated carbocycles. The zero-order valence-corrected chi connectivity index (χ0v) is 16.4. The van der Waals surface area contributed by atoms with Crippen LogP contribution in [0.4, 0.5) is 5.82 Å². The number of benzene rings is 1. The molecule has 1 N–H and O–H groups in total. The second-order valence-electron chi connectivity index (χ2n) is 7.89. The highest BCUT2D eigenvalue weighted by atomic mass is 16.5. The van der Waals surface area contributed by atoms with Gasteiger partial charge in [-0.3, -0.25) is 4.40 Å². The fraction of sp³-hybridized carbons (Fsp3) is 0.273. The largest absolute Gasteiger partial charge is 0.365 e. The maximum Gasteiger partial charge on any atom is 0.141 e. The van der Waals surface area contributed by atoms with Gasteiger partial charge in [-0.25, -0.2) is 4.98 Å². The molecule has 0 spiro atoms. The average Bonchev–Trinajstić information content (AvgIpc) is 3.14. The van der Waals surface area contributed by atoms with Crippen molar-refractivity contribution in [3.8, 4) is 22.4 Å². The molecule has 0 radical (unpaired) electrons. The van der Waals surface area contributed by atoms with Crippen LogP contribution in [0.1, 0.15) is 32.2 Å². The number of fused-ring (bicyclic) bond motifs is 1. The summed E-state index contributed by atoms with van der Waals surface area (Å²) < 4.78 is 7.40. The first-order valence-electron chi connectivity index (χ1n) is 9.12. The van der Waals surface area contributed by atoms with Crippen LogP contribution < -0.4 is 5.32 Å². The SMILES string of the molecule is Cc1noc(C)c1-c1ccc(-c2nc3ccccn3c2NC(C)(C)C)cc1. The van der Waals surface area contributed by atoms with Crippen LogP contribution in [-0.2, 0) is 0 Å². The number of hydrogen-bond donors (Lipinski definition) is 1. The number of hydrogen-bond acceptors (Lipinski definition) is 4. The van der Waals surface area contributed by atoms with E-state index in [0.29, 0.717) is 0 Å². The van der Waals surface area contributed by atoms with Gasteiger partial charge >= 0.3 is 0 Å². The van der Waals surface area contributed by atoms with E-state index in [4.69, 9.17) is 9.51 Å². The predicted octanol–water partition coefficient (Wildman–Crippen LogP) is 5.48. The van der Waals surface area contributed by atoms with E-state index in [0.717, 1.165) is 45.3 Å². The highest BCUT2D eigenvalue weighted by Crippen LogP contribution is 2.33. The standard InChI is InChI=1S/C22H24N4O/c1-14-19(15(2)27-25-14)16-9-11-17(12-10-16)20-21(24-22(3,4)5)26-13-7-6-8-18(26)23-20/h6-13,24H,1-5H3. The Kier molecular flexibility index (Phi) is 4.02. The van der Waals surface area contributed by atoms with Crippen molar-refractivity contribution < 1.29 is 4.52 Å². The Bertz CT molecular complexity index is 1080. The summed E-state index contributed by atoms with van der Waals surface area (Å²) in [6.07, 6.45) is 2.04. The van der Waals surface area contributed by atoms with Gasteiger partial charge in [0.05, 0.1) is 5.69 Å². The molecule has 0 bridgehead atoms. The lowest BCUT2D eigenvalue weighted by Gasteiger charge is -2.22. The lowest BCUT2D eigenvalue weighted by Crippen LogP contribution is -2.27. The van der Waals surface area contributed by atoms with Gasteiger partial charge in [0, 0.05) is 22.9 Å². The van der Waals surface area contributed by atoms with Crippen LogP contribution in [0.15, 0.2) is 53.2 Å². The molecule has 3 heterocycles. The van der Waals surface area contributed by atoms with Gasteiger partial charge in [-0.15, -0.1) is 0 Å². The van der Waals surface area contributed by atoms with E-state index < -0.39 is 0 Å². The molecule has 0 fully saturated rings. The minimum absolute atomic E-state index is 0.0722. The summed E-state index contributed by atoms with van der Waals surface area (Å²) in [5.74, 6) is 1.84. The van der Waals surface area contributed by atoms with Gasteiger partial charge in [-0.05, 0) is 52.3 Å². The van der Waals surface area contributed by atoms with Gasteiger partial charge in [0.2, 0.25) is 0 Å². The van der Waals surface area contributed by atoms with Crippen molar-refractivity contribution in [2.24, 2.45) is 0 Å². The molecular formula is C22H24N4O. The number of nitrogens with zero attached hydrogens (tertiary/aromatic N) is 3. The lowest BCUT2D eigenvalue weighted by atomic mass is 10.0. The molecule has 0 amide bonds. The molecule has 4 rings (SSSR count). The van der Waals surface area contributed by atoms with Crippen LogP contribution in [0.5, 0.6) is 0 Å². The zero-order chi connectivity index (χ0) is 19.2. The maximum absolute atomic E-state index is 5.30. The third kappa shape index (κ3) is 3.21. The van der Waals surface area contributed by atoms with Crippen LogP contribution in [0, 0.1) is 13.8 Å². The molecule has 138 valence electrons. The van der Waals surface area contributed by atoms with E-state index in [2.05, 4.69) is 59.9 Å². The molecule has 5 heteroatoms. The number of imidazole rings is 1. The molecule has 0 aliphatic carbocycles. The number of aromatic nitrogens is 3. The molecule has 27 heavy (non-hydrogen) atoms. The fourth-order valence-corrected chi connectivity index (χ4v) is 3.36. The first kappa shape index (κ1) is 17.3. The Morgan fingerprint density at radius 1 is 0.963 bits per heavy atom. The summed E-state index contributed by atoms with van der Waals surface area (Å²) >= 11 is 0. The van der Waals surface area contributed by atoms with Crippen molar-refractivity contribution in [1.82, 2.24) is 14.5 Å². The van der Waals surface area contributed by atoms with Crippen molar-refractivity contribution in [1.29, 1.82) is 0 Å². The van der Waals surface area contributed by atoms with Gasteiger partial charge in [-0.2, -0.15) is 0 Å². The number of pyridine rings is 1. The second kappa shape index (κ2) is 6.27. The fourth-order valence-electron chi connectivity index (χ4n) is 3.36. The predicted molar refractivity (Wildman–Crippen MR) is 109 cm³/mol. The third-order valence-corrected chi connectivity index (χ3v) is 4.50. The number of rotatable bonds is 3. The van der Waals surface area contributed by atoms with E-state index in [9.17, 15) is 0 Å². The van der Waals surface area contributed by atoms with Gasteiger partial charge < -0.3 is 9.84 Å². The van der Waals surface area contributed by atoms with Gasteiger partial charge in [0.1, 0.15) is 22.9 Å². The van der Waals surface area contributed by atoms with Crippen LogP contribution in [0.3, 0.4) is 0 Å². The summed E-state index contributed by atoms with van der Waals surface area (Å²) in [6.45, 7) is 10.4.